The maximum absolute atomic E-state index is 11.5. The highest BCUT2D eigenvalue weighted by Crippen LogP contribution is 2.16. The average Bonchev–Trinajstić information content (AvgIpc) is 2.49. The summed E-state index contributed by atoms with van der Waals surface area (Å²) in [5, 5.41) is 11.7. The average molecular weight is 281 g/mol. The van der Waals surface area contributed by atoms with E-state index in [0.29, 0.717) is 12.3 Å². The van der Waals surface area contributed by atoms with Crippen LogP contribution in [0.1, 0.15) is 19.8 Å². The lowest BCUT2D eigenvalue weighted by atomic mass is 10.1. The highest BCUT2D eigenvalue weighted by atomic mass is 16.5. The van der Waals surface area contributed by atoms with Crippen LogP contribution >= 0.6 is 0 Å². The van der Waals surface area contributed by atoms with E-state index in [1.165, 1.54) is 0 Å². The predicted molar refractivity (Wildman–Crippen MR) is 77.0 cm³/mol. The van der Waals surface area contributed by atoms with Gasteiger partial charge in [0, 0.05) is 13.2 Å². The minimum Gasteiger partial charge on any atom is -0.497 e. The molecule has 1 rings (SSSR count). The Bertz CT molecular complexity index is 391. The van der Waals surface area contributed by atoms with Crippen LogP contribution in [0.4, 0.5) is 0 Å². The zero-order valence-corrected chi connectivity index (χ0v) is 12.1. The third kappa shape index (κ3) is 6.43. The zero-order valence-electron chi connectivity index (χ0n) is 12.1. The van der Waals surface area contributed by atoms with Crippen LogP contribution in [-0.2, 0) is 4.79 Å². The van der Waals surface area contributed by atoms with E-state index in [2.05, 4.69) is 5.32 Å². The third-order valence-corrected chi connectivity index (χ3v) is 2.94. The third-order valence-electron chi connectivity index (χ3n) is 2.94. The lowest BCUT2D eigenvalue weighted by Gasteiger charge is -2.09. The molecule has 20 heavy (non-hydrogen) atoms. The minimum atomic E-state index is -0.141. The van der Waals surface area contributed by atoms with Gasteiger partial charge >= 0.3 is 0 Å². The number of carbonyl (C=O) groups is 1. The molecule has 1 aromatic carbocycles. The van der Waals surface area contributed by atoms with Gasteiger partial charge in [0.15, 0.2) is 6.61 Å². The van der Waals surface area contributed by atoms with Crippen molar-refractivity contribution in [2.45, 2.75) is 19.8 Å². The van der Waals surface area contributed by atoms with Crippen LogP contribution in [0.15, 0.2) is 24.3 Å². The first kappa shape index (κ1) is 16.3. The van der Waals surface area contributed by atoms with Gasteiger partial charge in [-0.25, -0.2) is 0 Å². The topological polar surface area (TPSA) is 67.8 Å². The molecular formula is C15H23NO4. The first-order valence-corrected chi connectivity index (χ1v) is 6.80. The van der Waals surface area contributed by atoms with Crippen LogP contribution in [0.5, 0.6) is 11.5 Å². The van der Waals surface area contributed by atoms with Gasteiger partial charge in [0.05, 0.1) is 7.11 Å². The number of carbonyl (C=O) groups excluding carboxylic acids is 1. The summed E-state index contributed by atoms with van der Waals surface area (Å²) in [5.74, 6) is 1.52. The summed E-state index contributed by atoms with van der Waals surface area (Å²) in [6.07, 6.45) is 1.76. The summed E-state index contributed by atoms with van der Waals surface area (Å²) in [6, 6.07) is 7.08. The van der Waals surface area contributed by atoms with Crippen LogP contribution < -0.4 is 14.8 Å². The van der Waals surface area contributed by atoms with Crippen LogP contribution in [0.3, 0.4) is 0 Å². The second kappa shape index (κ2) is 9.20. The molecule has 1 aromatic rings. The Hall–Kier alpha value is -1.75. The van der Waals surface area contributed by atoms with Gasteiger partial charge in [0.1, 0.15) is 11.5 Å². The number of amides is 1. The van der Waals surface area contributed by atoms with Crippen molar-refractivity contribution in [2.75, 3.05) is 26.9 Å². The molecule has 0 saturated heterocycles. The largest absolute Gasteiger partial charge is 0.497 e. The highest BCUT2D eigenvalue weighted by Gasteiger charge is 2.04. The number of benzene rings is 1. The molecule has 1 atom stereocenters. The zero-order chi connectivity index (χ0) is 14.8. The van der Waals surface area contributed by atoms with Gasteiger partial charge in [0.2, 0.25) is 0 Å². The molecule has 0 aliphatic heterocycles. The Morgan fingerprint density at radius 2 is 1.95 bits per heavy atom. The molecule has 2 N–H and O–H groups in total. The molecular weight excluding hydrogens is 258 g/mol. The highest BCUT2D eigenvalue weighted by molar-refractivity contribution is 5.77. The number of methoxy groups -OCH3 is 1. The second-order valence-corrected chi connectivity index (χ2v) is 4.74. The number of hydrogen-bond donors (Lipinski definition) is 2. The Labute approximate surface area is 119 Å². The van der Waals surface area contributed by atoms with Crippen molar-refractivity contribution in [1.82, 2.24) is 5.32 Å². The molecule has 0 spiro atoms. The normalized spacial score (nSPS) is 11.8. The first-order chi connectivity index (χ1) is 9.65. The minimum absolute atomic E-state index is 0.00187. The quantitative estimate of drug-likeness (QED) is 0.675. The summed E-state index contributed by atoms with van der Waals surface area (Å²) in [6.45, 7) is 2.78. The SMILES string of the molecule is COc1ccc(OCC(=O)NCCCC(C)CO)cc1. The van der Waals surface area contributed by atoms with E-state index in [9.17, 15) is 4.79 Å². The van der Waals surface area contributed by atoms with Crippen LogP contribution in [0.25, 0.3) is 0 Å². The van der Waals surface area contributed by atoms with Crippen molar-refractivity contribution in [3.8, 4) is 11.5 Å². The number of hydrogen-bond acceptors (Lipinski definition) is 4. The van der Waals surface area contributed by atoms with Gasteiger partial charge < -0.3 is 19.9 Å². The fourth-order valence-corrected chi connectivity index (χ4v) is 1.64. The van der Waals surface area contributed by atoms with Gasteiger partial charge in [-0.1, -0.05) is 6.92 Å². The molecule has 0 saturated carbocycles. The number of aliphatic hydroxyl groups excluding tert-OH is 1. The molecule has 0 aliphatic carbocycles. The lowest BCUT2D eigenvalue weighted by Crippen LogP contribution is -2.29. The van der Waals surface area contributed by atoms with Gasteiger partial charge in [-0.05, 0) is 43.0 Å². The van der Waals surface area contributed by atoms with Crippen molar-refractivity contribution in [2.24, 2.45) is 5.92 Å². The Kier molecular flexibility index (Phi) is 7.50. The fourth-order valence-electron chi connectivity index (χ4n) is 1.64. The number of nitrogens with one attached hydrogen (secondary N) is 1. The lowest BCUT2D eigenvalue weighted by molar-refractivity contribution is -0.123. The van der Waals surface area contributed by atoms with Crippen LogP contribution in [0.2, 0.25) is 0 Å². The Morgan fingerprint density at radius 3 is 2.55 bits per heavy atom. The summed E-state index contributed by atoms with van der Waals surface area (Å²) in [7, 11) is 1.60. The second-order valence-electron chi connectivity index (χ2n) is 4.74. The summed E-state index contributed by atoms with van der Waals surface area (Å²) >= 11 is 0. The molecule has 0 aromatic heterocycles. The molecule has 5 heteroatoms. The molecule has 5 nitrogen and oxygen atoms in total. The predicted octanol–water partition coefficient (Wildman–Crippen LogP) is 1.60. The van der Waals surface area contributed by atoms with Crippen molar-refractivity contribution in [3.63, 3.8) is 0 Å². The first-order valence-electron chi connectivity index (χ1n) is 6.80. The van der Waals surface area contributed by atoms with E-state index in [4.69, 9.17) is 14.6 Å². The summed E-state index contributed by atoms with van der Waals surface area (Å²) in [4.78, 5) is 11.5. The molecule has 0 aliphatic rings. The van der Waals surface area contributed by atoms with E-state index < -0.39 is 0 Å². The fraction of sp³-hybridized carbons (Fsp3) is 0.533. The standard InChI is InChI=1S/C15H23NO4/c1-12(10-17)4-3-9-16-15(18)11-20-14-7-5-13(19-2)6-8-14/h5-8,12,17H,3-4,9-11H2,1-2H3,(H,16,18). The number of rotatable bonds is 9. The Morgan fingerprint density at radius 1 is 1.30 bits per heavy atom. The van der Waals surface area contributed by atoms with Gasteiger partial charge in [-0.15, -0.1) is 0 Å². The molecule has 1 amide bonds. The van der Waals surface area contributed by atoms with Crippen molar-refractivity contribution in [1.29, 1.82) is 0 Å². The molecule has 0 radical (unpaired) electrons. The van der Waals surface area contributed by atoms with Gasteiger partial charge in [0.25, 0.3) is 5.91 Å². The van der Waals surface area contributed by atoms with Gasteiger partial charge in [-0.3, -0.25) is 4.79 Å². The number of aliphatic hydroxyl groups is 1. The summed E-state index contributed by atoms with van der Waals surface area (Å²) < 4.78 is 10.4. The number of ether oxygens (including phenoxy) is 2. The van der Waals surface area contributed by atoms with Crippen molar-refractivity contribution >= 4 is 5.91 Å². The van der Waals surface area contributed by atoms with Crippen LogP contribution in [-0.4, -0.2) is 37.9 Å². The molecule has 0 fully saturated rings. The van der Waals surface area contributed by atoms with Crippen LogP contribution in [0, 0.1) is 5.92 Å². The van der Waals surface area contributed by atoms with Crippen molar-refractivity contribution in [3.05, 3.63) is 24.3 Å². The van der Waals surface area contributed by atoms with E-state index >= 15 is 0 Å². The smallest absolute Gasteiger partial charge is 0.257 e. The van der Waals surface area contributed by atoms with Crippen molar-refractivity contribution < 1.29 is 19.4 Å². The summed E-state index contributed by atoms with van der Waals surface area (Å²) in [5.41, 5.74) is 0. The molecule has 1 unspecified atom stereocenters. The molecule has 112 valence electrons. The van der Waals surface area contributed by atoms with E-state index in [-0.39, 0.29) is 25.0 Å². The Balaban J connectivity index is 2.16. The van der Waals surface area contributed by atoms with E-state index in [0.717, 1.165) is 18.6 Å². The molecule has 0 bridgehead atoms. The molecule has 0 heterocycles. The maximum Gasteiger partial charge on any atom is 0.257 e. The monoisotopic (exact) mass is 281 g/mol. The van der Waals surface area contributed by atoms with E-state index in [1.54, 1.807) is 31.4 Å². The maximum atomic E-state index is 11.5. The van der Waals surface area contributed by atoms with Gasteiger partial charge in [-0.2, -0.15) is 0 Å². The van der Waals surface area contributed by atoms with E-state index in [1.807, 2.05) is 6.92 Å².